The quantitative estimate of drug-likeness (QED) is 0.383. The van der Waals surface area contributed by atoms with Crippen molar-refractivity contribution in [1.82, 2.24) is 0 Å². The van der Waals surface area contributed by atoms with Gasteiger partial charge in [0.1, 0.15) is 5.60 Å². The molecule has 4 aromatic carbocycles. The van der Waals surface area contributed by atoms with Crippen LogP contribution in [0.3, 0.4) is 0 Å². The predicted molar refractivity (Wildman–Crippen MR) is 127 cm³/mol. The molecular formula is C29H22O5. The van der Waals surface area contributed by atoms with E-state index in [1.54, 1.807) is 36.4 Å². The Labute approximate surface area is 196 Å². The summed E-state index contributed by atoms with van der Waals surface area (Å²) in [5, 5.41) is 18.8. The summed E-state index contributed by atoms with van der Waals surface area (Å²) in [6, 6.07) is 33.5. The summed E-state index contributed by atoms with van der Waals surface area (Å²) in [6.07, 6.45) is -0.267. The Morgan fingerprint density at radius 2 is 1.06 bits per heavy atom. The van der Waals surface area contributed by atoms with Gasteiger partial charge in [-0.3, -0.25) is 0 Å². The van der Waals surface area contributed by atoms with Gasteiger partial charge in [0.2, 0.25) is 0 Å². The second-order valence-electron chi connectivity index (χ2n) is 8.34. The van der Waals surface area contributed by atoms with E-state index in [2.05, 4.69) is 0 Å². The molecule has 0 bridgehead atoms. The maximum atomic E-state index is 11.4. The van der Waals surface area contributed by atoms with Crippen molar-refractivity contribution in [1.29, 1.82) is 0 Å². The van der Waals surface area contributed by atoms with Crippen molar-refractivity contribution in [2.24, 2.45) is 0 Å². The van der Waals surface area contributed by atoms with Crippen molar-refractivity contribution in [3.8, 4) is 0 Å². The number of benzene rings is 4. The summed E-state index contributed by atoms with van der Waals surface area (Å²) in [5.74, 6) is -2.14. The number of aromatic carboxylic acids is 2. The van der Waals surface area contributed by atoms with E-state index in [0.717, 1.165) is 22.3 Å². The van der Waals surface area contributed by atoms with Crippen LogP contribution in [0.5, 0.6) is 0 Å². The third-order valence-corrected chi connectivity index (χ3v) is 6.46. The molecule has 1 aliphatic heterocycles. The number of carboxylic acid groups (broad SMARTS) is 2. The van der Waals surface area contributed by atoms with Gasteiger partial charge in [-0.1, -0.05) is 84.9 Å². The van der Waals surface area contributed by atoms with Crippen LogP contribution in [0, 0.1) is 0 Å². The first-order chi connectivity index (χ1) is 16.5. The third kappa shape index (κ3) is 3.56. The molecule has 5 heteroatoms. The molecule has 34 heavy (non-hydrogen) atoms. The van der Waals surface area contributed by atoms with Gasteiger partial charge in [0.05, 0.1) is 23.1 Å². The average Bonchev–Trinajstić information content (AvgIpc) is 2.86. The number of ether oxygens (including phenoxy) is 1. The van der Waals surface area contributed by atoms with E-state index in [0.29, 0.717) is 0 Å². The molecule has 0 radical (unpaired) electrons. The Bertz CT molecular complexity index is 1310. The number of carboxylic acids is 2. The number of hydrogen-bond acceptors (Lipinski definition) is 3. The lowest BCUT2D eigenvalue weighted by Gasteiger charge is -2.56. The lowest BCUT2D eigenvalue weighted by molar-refractivity contribution is -0.216. The molecule has 3 atom stereocenters. The second-order valence-corrected chi connectivity index (χ2v) is 8.34. The monoisotopic (exact) mass is 450 g/mol. The first kappa shape index (κ1) is 21.6. The molecule has 5 rings (SSSR count). The summed E-state index contributed by atoms with van der Waals surface area (Å²) in [6.45, 7) is 0. The summed E-state index contributed by atoms with van der Waals surface area (Å²) < 4.78 is 6.77. The Morgan fingerprint density at radius 1 is 0.588 bits per heavy atom. The normalized spacial score (nSPS) is 21.4. The Hall–Kier alpha value is -4.22. The second kappa shape index (κ2) is 8.61. The van der Waals surface area contributed by atoms with Crippen molar-refractivity contribution in [3.05, 3.63) is 143 Å². The molecule has 1 aliphatic rings. The van der Waals surface area contributed by atoms with Crippen LogP contribution in [0.4, 0.5) is 0 Å². The standard InChI is InChI=1S/C29H22O5/c30-27(31)21-13-11-19(12-14-21)25-26(20-7-3-1-4-8-20)34-29(25,23-9-5-2-6-10-23)24-17-15-22(16-18-24)28(32)33/h1-18,25-26H,(H,30,31)(H,32,33)/t25-,26-,29-/m1/s1. The fourth-order valence-electron chi connectivity index (χ4n) is 4.84. The van der Waals surface area contributed by atoms with Crippen LogP contribution in [0.1, 0.15) is 55.0 Å². The average molecular weight is 450 g/mol. The summed E-state index contributed by atoms with van der Waals surface area (Å²) in [5.41, 5.74) is 3.29. The molecule has 0 saturated carbocycles. The van der Waals surface area contributed by atoms with Crippen molar-refractivity contribution in [2.75, 3.05) is 0 Å². The van der Waals surface area contributed by atoms with Crippen LogP contribution in [0.2, 0.25) is 0 Å². The molecule has 0 aliphatic carbocycles. The summed E-state index contributed by atoms with van der Waals surface area (Å²) >= 11 is 0. The largest absolute Gasteiger partial charge is 0.478 e. The van der Waals surface area contributed by atoms with E-state index in [4.69, 9.17) is 4.74 Å². The molecule has 4 aromatic rings. The van der Waals surface area contributed by atoms with Crippen molar-refractivity contribution in [3.63, 3.8) is 0 Å². The Balaban J connectivity index is 1.70. The predicted octanol–water partition coefficient (Wildman–Crippen LogP) is 5.88. The first-order valence-electron chi connectivity index (χ1n) is 11.0. The third-order valence-electron chi connectivity index (χ3n) is 6.46. The molecule has 1 saturated heterocycles. The fraction of sp³-hybridized carbons (Fsp3) is 0.103. The van der Waals surface area contributed by atoms with Gasteiger partial charge in [-0.2, -0.15) is 0 Å². The molecule has 2 N–H and O–H groups in total. The van der Waals surface area contributed by atoms with E-state index in [1.165, 1.54) is 0 Å². The van der Waals surface area contributed by atoms with Crippen LogP contribution in [0.25, 0.3) is 0 Å². The van der Waals surface area contributed by atoms with Crippen molar-refractivity contribution in [2.45, 2.75) is 17.6 Å². The molecule has 1 heterocycles. The van der Waals surface area contributed by atoms with Gasteiger partial charge in [0.25, 0.3) is 0 Å². The highest BCUT2D eigenvalue weighted by Crippen LogP contribution is 2.62. The van der Waals surface area contributed by atoms with Gasteiger partial charge in [0.15, 0.2) is 0 Å². The highest BCUT2D eigenvalue weighted by Gasteiger charge is 2.58. The number of carbonyl (C=O) groups is 2. The molecular weight excluding hydrogens is 428 g/mol. The van der Waals surface area contributed by atoms with E-state index < -0.39 is 17.5 Å². The van der Waals surface area contributed by atoms with Crippen LogP contribution in [-0.2, 0) is 10.3 Å². The minimum Gasteiger partial charge on any atom is -0.478 e. The SMILES string of the molecule is O=C(O)c1ccc([C@@H]2[C@@H](c3ccccc3)O[C@]2(c2ccccc2)c2ccc(C(=O)O)cc2)cc1. The molecule has 0 amide bonds. The minimum absolute atomic E-state index is 0.171. The molecule has 0 aromatic heterocycles. The van der Waals surface area contributed by atoms with Crippen LogP contribution in [-0.4, -0.2) is 22.2 Å². The van der Waals surface area contributed by atoms with Gasteiger partial charge in [-0.25, -0.2) is 9.59 Å². The minimum atomic E-state index is -0.988. The topological polar surface area (TPSA) is 83.8 Å². The summed E-state index contributed by atoms with van der Waals surface area (Å²) in [7, 11) is 0. The van der Waals surface area contributed by atoms with E-state index in [-0.39, 0.29) is 23.1 Å². The molecule has 168 valence electrons. The van der Waals surface area contributed by atoms with Crippen LogP contribution >= 0.6 is 0 Å². The molecule has 0 spiro atoms. The van der Waals surface area contributed by atoms with Gasteiger partial charge in [0, 0.05) is 0 Å². The zero-order valence-corrected chi connectivity index (χ0v) is 18.2. The lowest BCUT2D eigenvalue weighted by atomic mass is 9.64. The lowest BCUT2D eigenvalue weighted by Crippen LogP contribution is -2.52. The first-order valence-corrected chi connectivity index (χ1v) is 11.0. The van der Waals surface area contributed by atoms with Gasteiger partial charge in [-0.15, -0.1) is 0 Å². The smallest absolute Gasteiger partial charge is 0.335 e. The van der Waals surface area contributed by atoms with Crippen molar-refractivity contribution < 1.29 is 24.5 Å². The van der Waals surface area contributed by atoms with Crippen LogP contribution in [0.15, 0.2) is 109 Å². The molecule has 1 fully saturated rings. The van der Waals surface area contributed by atoms with Gasteiger partial charge < -0.3 is 14.9 Å². The highest BCUT2D eigenvalue weighted by atomic mass is 16.5. The number of rotatable bonds is 6. The maximum Gasteiger partial charge on any atom is 0.335 e. The van der Waals surface area contributed by atoms with Gasteiger partial charge in [-0.05, 0) is 46.5 Å². The van der Waals surface area contributed by atoms with E-state index in [9.17, 15) is 19.8 Å². The highest BCUT2D eigenvalue weighted by molar-refractivity contribution is 5.88. The zero-order valence-electron chi connectivity index (χ0n) is 18.2. The van der Waals surface area contributed by atoms with E-state index >= 15 is 0 Å². The zero-order chi connectivity index (χ0) is 23.7. The molecule has 5 nitrogen and oxygen atoms in total. The Kier molecular flexibility index (Phi) is 5.48. The number of hydrogen-bond donors (Lipinski definition) is 2. The van der Waals surface area contributed by atoms with E-state index in [1.807, 2.05) is 72.8 Å². The van der Waals surface area contributed by atoms with Gasteiger partial charge >= 0.3 is 11.9 Å². The summed E-state index contributed by atoms with van der Waals surface area (Å²) in [4.78, 5) is 22.9. The van der Waals surface area contributed by atoms with Crippen molar-refractivity contribution >= 4 is 11.9 Å². The fourth-order valence-corrected chi connectivity index (χ4v) is 4.84. The Morgan fingerprint density at radius 3 is 1.59 bits per heavy atom. The van der Waals surface area contributed by atoms with Crippen LogP contribution < -0.4 is 0 Å². The molecule has 0 unspecified atom stereocenters. The maximum absolute atomic E-state index is 11.4.